The average Bonchev–Trinajstić information content (AvgIpc) is 2.85. The molecule has 0 heterocycles. The Morgan fingerprint density at radius 3 is 2.47 bits per heavy atom. The number of amides is 1. The summed E-state index contributed by atoms with van der Waals surface area (Å²) in [4.78, 5) is 13.2. The third-order valence-electron chi connectivity index (χ3n) is 2.39. The van der Waals surface area contributed by atoms with Crippen molar-refractivity contribution in [3.8, 4) is 0 Å². The summed E-state index contributed by atoms with van der Waals surface area (Å²) in [5, 5.41) is 0. The van der Waals surface area contributed by atoms with Crippen LogP contribution in [0.2, 0.25) is 0 Å². The second kappa shape index (κ2) is 4.35. The van der Waals surface area contributed by atoms with Gasteiger partial charge in [-0.25, -0.2) is 8.42 Å². The first kappa shape index (κ1) is 12.2. The summed E-state index contributed by atoms with van der Waals surface area (Å²) < 4.78 is 22.3. The minimum Gasteiger partial charge on any atom is -0.332 e. The fourth-order valence-electron chi connectivity index (χ4n) is 1.73. The van der Waals surface area contributed by atoms with Crippen LogP contribution in [0.15, 0.2) is 12.7 Å². The fourth-order valence-corrected chi connectivity index (χ4v) is 2.77. The van der Waals surface area contributed by atoms with Crippen molar-refractivity contribution < 1.29 is 13.2 Å². The minimum absolute atomic E-state index is 0.0169. The number of hydrogen-bond acceptors (Lipinski definition) is 3. The molecule has 1 aliphatic rings. The van der Waals surface area contributed by atoms with Gasteiger partial charge in [-0.05, 0) is 25.8 Å². The molecule has 1 saturated carbocycles. The van der Waals surface area contributed by atoms with Gasteiger partial charge in [-0.1, -0.05) is 6.58 Å². The van der Waals surface area contributed by atoms with Crippen molar-refractivity contribution in [2.45, 2.75) is 31.8 Å². The van der Waals surface area contributed by atoms with Gasteiger partial charge in [0.25, 0.3) is 0 Å². The fraction of sp³-hybridized carbons (Fsp3) is 0.700. The highest BCUT2D eigenvalue weighted by atomic mass is 32.2. The Morgan fingerprint density at radius 1 is 1.60 bits per heavy atom. The Kier molecular flexibility index (Phi) is 3.54. The predicted molar refractivity (Wildman–Crippen MR) is 59.2 cm³/mol. The minimum atomic E-state index is -3.04. The van der Waals surface area contributed by atoms with Crippen LogP contribution < -0.4 is 0 Å². The van der Waals surface area contributed by atoms with Crippen LogP contribution in [-0.4, -0.2) is 43.3 Å². The molecule has 0 N–H and O–H groups in total. The molecule has 1 atom stereocenters. The molecule has 0 bridgehead atoms. The van der Waals surface area contributed by atoms with E-state index in [0.717, 1.165) is 12.8 Å². The van der Waals surface area contributed by atoms with E-state index in [0.29, 0.717) is 0 Å². The van der Waals surface area contributed by atoms with Crippen LogP contribution in [0, 0.1) is 0 Å². The Hall–Kier alpha value is -0.840. The molecule has 1 aliphatic carbocycles. The van der Waals surface area contributed by atoms with Crippen molar-refractivity contribution in [1.82, 2.24) is 4.90 Å². The van der Waals surface area contributed by atoms with Gasteiger partial charge < -0.3 is 4.90 Å². The summed E-state index contributed by atoms with van der Waals surface area (Å²) >= 11 is 0. The van der Waals surface area contributed by atoms with Crippen LogP contribution in [0.4, 0.5) is 0 Å². The molecule has 0 radical (unpaired) electrons. The standard InChI is InChI=1S/C10H17NO3S/c1-4-10(12)11(9-5-6-9)8(2)7-15(3,13)14/h4,8-9H,1,5-7H2,2-3H3. The van der Waals surface area contributed by atoms with E-state index in [1.54, 1.807) is 11.8 Å². The first-order valence-electron chi connectivity index (χ1n) is 4.97. The second-order valence-corrected chi connectivity index (χ2v) is 6.31. The Labute approximate surface area is 90.9 Å². The van der Waals surface area contributed by atoms with Crippen LogP contribution in [0.1, 0.15) is 19.8 Å². The van der Waals surface area contributed by atoms with Gasteiger partial charge >= 0.3 is 0 Å². The first-order valence-corrected chi connectivity index (χ1v) is 7.03. The van der Waals surface area contributed by atoms with Crippen molar-refractivity contribution in [2.75, 3.05) is 12.0 Å². The summed E-state index contributed by atoms with van der Waals surface area (Å²) in [6, 6.07) is -0.0507. The zero-order chi connectivity index (χ0) is 11.6. The maximum absolute atomic E-state index is 11.5. The number of rotatable bonds is 5. The van der Waals surface area contributed by atoms with E-state index in [2.05, 4.69) is 6.58 Å². The summed E-state index contributed by atoms with van der Waals surface area (Å²) in [6.07, 6.45) is 4.37. The third kappa shape index (κ3) is 3.66. The van der Waals surface area contributed by atoms with E-state index < -0.39 is 9.84 Å². The molecule has 0 saturated heterocycles. The molecular formula is C10H17NO3S. The molecule has 5 heteroatoms. The van der Waals surface area contributed by atoms with E-state index >= 15 is 0 Å². The smallest absolute Gasteiger partial charge is 0.246 e. The van der Waals surface area contributed by atoms with E-state index in [-0.39, 0.29) is 23.7 Å². The van der Waals surface area contributed by atoms with Gasteiger partial charge in [-0.2, -0.15) is 0 Å². The summed E-state index contributed by atoms with van der Waals surface area (Å²) in [5.74, 6) is -0.156. The summed E-state index contributed by atoms with van der Waals surface area (Å²) in [6.45, 7) is 5.19. The lowest BCUT2D eigenvalue weighted by molar-refractivity contribution is -0.128. The number of carbonyl (C=O) groups excluding carboxylic acids is 1. The van der Waals surface area contributed by atoms with E-state index in [9.17, 15) is 13.2 Å². The lowest BCUT2D eigenvalue weighted by atomic mass is 10.3. The normalized spacial score (nSPS) is 18.3. The zero-order valence-corrected chi connectivity index (χ0v) is 9.96. The van der Waals surface area contributed by atoms with Crippen LogP contribution in [0.25, 0.3) is 0 Å². The van der Waals surface area contributed by atoms with Gasteiger partial charge in [0, 0.05) is 18.3 Å². The van der Waals surface area contributed by atoms with Crippen molar-refractivity contribution in [1.29, 1.82) is 0 Å². The lowest BCUT2D eigenvalue weighted by Gasteiger charge is -2.27. The third-order valence-corrected chi connectivity index (χ3v) is 3.48. The largest absolute Gasteiger partial charge is 0.332 e. The average molecular weight is 231 g/mol. The van der Waals surface area contributed by atoms with Crippen molar-refractivity contribution in [2.24, 2.45) is 0 Å². The molecule has 4 nitrogen and oxygen atoms in total. The second-order valence-electron chi connectivity index (χ2n) is 4.12. The number of sulfone groups is 1. The lowest BCUT2D eigenvalue weighted by Crippen LogP contribution is -2.42. The SMILES string of the molecule is C=CC(=O)N(C(C)CS(C)(=O)=O)C1CC1. The van der Waals surface area contributed by atoms with Crippen molar-refractivity contribution in [3.63, 3.8) is 0 Å². The number of carbonyl (C=O) groups is 1. The highest BCUT2D eigenvalue weighted by molar-refractivity contribution is 7.90. The Bertz CT molecular complexity index is 357. The van der Waals surface area contributed by atoms with Gasteiger partial charge in [0.2, 0.25) is 5.91 Å². The van der Waals surface area contributed by atoms with E-state index in [4.69, 9.17) is 0 Å². The Balaban J connectivity index is 2.71. The molecule has 0 aliphatic heterocycles. The number of hydrogen-bond donors (Lipinski definition) is 0. The highest BCUT2D eigenvalue weighted by Crippen LogP contribution is 2.29. The topological polar surface area (TPSA) is 54.5 Å². The molecule has 1 rings (SSSR count). The van der Waals surface area contributed by atoms with Gasteiger partial charge in [0.15, 0.2) is 0 Å². The molecule has 0 aromatic carbocycles. The molecule has 1 fully saturated rings. The molecule has 15 heavy (non-hydrogen) atoms. The zero-order valence-electron chi connectivity index (χ0n) is 9.14. The number of nitrogens with zero attached hydrogens (tertiary/aromatic N) is 1. The molecule has 0 aromatic rings. The molecule has 0 spiro atoms. The van der Waals surface area contributed by atoms with Gasteiger partial charge in [-0.15, -0.1) is 0 Å². The maximum Gasteiger partial charge on any atom is 0.246 e. The van der Waals surface area contributed by atoms with Crippen LogP contribution in [-0.2, 0) is 14.6 Å². The van der Waals surface area contributed by atoms with Crippen LogP contribution in [0.3, 0.4) is 0 Å². The van der Waals surface area contributed by atoms with Crippen LogP contribution in [0.5, 0.6) is 0 Å². The molecular weight excluding hydrogens is 214 g/mol. The maximum atomic E-state index is 11.5. The molecule has 1 amide bonds. The summed E-state index contributed by atoms with van der Waals surface area (Å²) in [7, 11) is -3.04. The monoisotopic (exact) mass is 231 g/mol. The first-order chi connectivity index (χ1) is 6.85. The van der Waals surface area contributed by atoms with Gasteiger partial charge in [-0.3, -0.25) is 4.79 Å². The summed E-state index contributed by atoms with van der Waals surface area (Å²) in [5.41, 5.74) is 0. The molecule has 1 unspecified atom stereocenters. The Morgan fingerprint density at radius 2 is 2.13 bits per heavy atom. The highest BCUT2D eigenvalue weighted by Gasteiger charge is 2.35. The predicted octanol–water partition coefficient (Wildman–Crippen LogP) is 0.597. The van der Waals surface area contributed by atoms with E-state index in [1.807, 2.05) is 0 Å². The van der Waals surface area contributed by atoms with E-state index in [1.165, 1.54) is 12.3 Å². The van der Waals surface area contributed by atoms with Gasteiger partial charge in [0.05, 0.1) is 5.75 Å². The quantitative estimate of drug-likeness (QED) is 0.651. The van der Waals surface area contributed by atoms with Crippen LogP contribution >= 0.6 is 0 Å². The van der Waals surface area contributed by atoms with Gasteiger partial charge in [0.1, 0.15) is 9.84 Å². The van der Waals surface area contributed by atoms with Crippen molar-refractivity contribution >= 4 is 15.7 Å². The van der Waals surface area contributed by atoms with Crippen molar-refractivity contribution in [3.05, 3.63) is 12.7 Å². The molecule has 86 valence electrons. The molecule has 0 aromatic heterocycles.